The molecule has 1 saturated heterocycles. The summed E-state index contributed by atoms with van der Waals surface area (Å²) >= 11 is 0. The number of benzene rings is 1. The summed E-state index contributed by atoms with van der Waals surface area (Å²) in [6.07, 6.45) is 5.33. The van der Waals surface area contributed by atoms with Crippen molar-refractivity contribution in [2.75, 3.05) is 13.2 Å². The lowest BCUT2D eigenvalue weighted by Crippen LogP contribution is -2.37. The van der Waals surface area contributed by atoms with Gasteiger partial charge < -0.3 is 9.64 Å². The summed E-state index contributed by atoms with van der Waals surface area (Å²) in [5, 5.41) is 0. The number of ether oxygens (including phenoxy) is 1. The van der Waals surface area contributed by atoms with Crippen LogP contribution in [0.5, 0.6) is 0 Å². The van der Waals surface area contributed by atoms with Crippen LogP contribution < -0.4 is 0 Å². The summed E-state index contributed by atoms with van der Waals surface area (Å²) in [5.74, 6) is -0.785. The molecule has 0 saturated carbocycles. The number of hydrogen-bond donors (Lipinski definition) is 0. The molecule has 0 radical (unpaired) electrons. The fraction of sp³-hybridized carbons (Fsp3) is 0.368. The Morgan fingerprint density at radius 1 is 1.33 bits per heavy atom. The first-order chi connectivity index (χ1) is 11.6. The predicted octanol–water partition coefficient (Wildman–Crippen LogP) is 3.35. The Hall–Kier alpha value is -2.27. The number of hydrogen-bond acceptors (Lipinski definition) is 3. The van der Waals surface area contributed by atoms with Gasteiger partial charge in [0.2, 0.25) is 0 Å². The zero-order valence-electron chi connectivity index (χ0n) is 13.7. The number of aromatic nitrogens is 1. The fourth-order valence-electron chi connectivity index (χ4n) is 2.93. The number of nitrogens with zero attached hydrogens (tertiary/aromatic N) is 2. The van der Waals surface area contributed by atoms with Crippen molar-refractivity contribution in [1.82, 2.24) is 9.88 Å². The molecule has 0 spiro atoms. The smallest absolute Gasteiger partial charge is 0.257 e. The van der Waals surface area contributed by atoms with Crippen LogP contribution in [-0.2, 0) is 11.3 Å². The van der Waals surface area contributed by atoms with Crippen molar-refractivity contribution >= 4 is 5.91 Å². The van der Waals surface area contributed by atoms with Crippen LogP contribution >= 0.6 is 0 Å². The summed E-state index contributed by atoms with van der Waals surface area (Å²) in [6.45, 7) is 3.41. The van der Waals surface area contributed by atoms with E-state index in [1.807, 2.05) is 12.1 Å². The number of carbonyl (C=O) groups is 1. The van der Waals surface area contributed by atoms with Gasteiger partial charge in [-0.3, -0.25) is 9.78 Å². The molecule has 4 nitrogen and oxygen atoms in total. The topological polar surface area (TPSA) is 42.4 Å². The van der Waals surface area contributed by atoms with Crippen LogP contribution in [0.1, 0.15) is 34.3 Å². The molecule has 1 atom stereocenters. The van der Waals surface area contributed by atoms with Crippen molar-refractivity contribution in [1.29, 1.82) is 0 Å². The van der Waals surface area contributed by atoms with E-state index >= 15 is 0 Å². The molecule has 1 fully saturated rings. The summed E-state index contributed by atoms with van der Waals surface area (Å²) in [5.41, 5.74) is 1.86. The highest BCUT2D eigenvalue weighted by Gasteiger charge is 2.25. The quantitative estimate of drug-likeness (QED) is 0.845. The molecule has 1 unspecified atom stereocenters. The lowest BCUT2D eigenvalue weighted by molar-refractivity contribution is 0.0503. The molecule has 126 valence electrons. The minimum atomic E-state index is -0.480. The molecular formula is C19H21FN2O2. The zero-order valence-corrected chi connectivity index (χ0v) is 13.7. The average Bonchev–Trinajstić information content (AvgIpc) is 3.08. The zero-order chi connectivity index (χ0) is 16.9. The number of pyridine rings is 1. The molecule has 0 aliphatic carbocycles. The first-order valence-electron chi connectivity index (χ1n) is 8.19. The van der Waals surface area contributed by atoms with Gasteiger partial charge >= 0.3 is 0 Å². The Labute approximate surface area is 141 Å². The van der Waals surface area contributed by atoms with Crippen molar-refractivity contribution in [2.24, 2.45) is 0 Å². The largest absolute Gasteiger partial charge is 0.376 e. The number of rotatable bonds is 5. The van der Waals surface area contributed by atoms with Crippen LogP contribution in [0.3, 0.4) is 0 Å². The van der Waals surface area contributed by atoms with E-state index < -0.39 is 5.82 Å². The number of carbonyl (C=O) groups excluding carboxylic acids is 1. The number of halogens is 1. The highest BCUT2D eigenvalue weighted by Crippen LogP contribution is 2.19. The minimum Gasteiger partial charge on any atom is -0.376 e. The molecule has 0 bridgehead atoms. The van der Waals surface area contributed by atoms with Gasteiger partial charge in [0.1, 0.15) is 5.82 Å². The number of amides is 1. The molecule has 24 heavy (non-hydrogen) atoms. The second-order valence-corrected chi connectivity index (χ2v) is 6.16. The van der Waals surface area contributed by atoms with E-state index in [0.717, 1.165) is 30.6 Å². The van der Waals surface area contributed by atoms with Crippen LogP contribution in [0.25, 0.3) is 0 Å². The molecule has 3 rings (SSSR count). The molecule has 1 aromatic carbocycles. The fourth-order valence-corrected chi connectivity index (χ4v) is 2.93. The summed E-state index contributed by atoms with van der Waals surface area (Å²) < 4.78 is 19.9. The maximum atomic E-state index is 14.2. The van der Waals surface area contributed by atoms with Gasteiger partial charge in [-0.2, -0.15) is 0 Å². The number of aryl methyl sites for hydroxylation is 1. The third kappa shape index (κ3) is 3.97. The van der Waals surface area contributed by atoms with Gasteiger partial charge in [0.25, 0.3) is 5.91 Å². The molecule has 1 aromatic heterocycles. The second-order valence-electron chi connectivity index (χ2n) is 6.16. The summed E-state index contributed by atoms with van der Waals surface area (Å²) in [6, 6.07) is 8.43. The van der Waals surface area contributed by atoms with Crippen LogP contribution in [0.2, 0.25) is 0 Å². The van der Waals surface area contributed by atoms with E-state index in [1.165, 1.54) is 6.07 Å². The molecular weight excluding hydrogens is 307 g/mol. The first-order valence-corrected chi connectivity index (χ1v) is 8.19. The van der Waals surface area contributed by atoms with Crippen molar-refractivity contribution in [3.8, 4) is 0 Å². The molecule has 5 heteroatoms. The van der Waals surface area contributed by atoms with E-state index in [-0.39, 0.29) is 17.6 Å². The monoisotopic (exact) mass is 328 g/mol. The lowest BCUT2D eigenvalue weighted by atomic mass is 10.1. The van der Waals surface area contributed by atoms with E-state index in [1.54, 1.807) is 36.4 Å². The molecule has 2 aromatic rings. The van der Waals surface area contributed by atoms with Gasteiger partial charge in [-0.1, -0.05) is 6.07 Å². The minimum absolute atomic E-state index is 0.0179. The van der Waals surface area contributed by atoms with Gasteiger partial charge in [0.05, 0.1) is 11.7 Å². The van der Waals surface area contributed by atoms with E-state index in [0.29, 0.717) is 13.1 Å². The van der Waals surface area contributed by atoms with Crippen LogP contribution in [-0.4, -0.2) is 35.0 Å². The molecule has 1 aliphatic rings. The average molecular weight is 328 g/mol. The van der Waals surface area contributed by atoms with Crippen molar-refractivity contribution in [2.45, 2.75) is 32.4 Å². The molecule has 1 aliphatic heterocycles. The van der Waals surface area contributed by atoms with Gasteiger partial charge in [-0.15, -0.1) is 0 Å². The van der Waals surface area contributed by atoms with Crippen molar-refractivity contribution in [3.05, 3.63) is 65.2 Å². The molecule has 0 N–H and O–H groups in total. The maximum Gasteiger partial charge on any atom is 0.257 e. The molecule has 2 heterocycles. The molecule has 1 amide bonds. The van der Waals surface area contributed by atoms with Crippen LogP contribution in [0.4, 0.5) is 4.39 Å². The van der Waals surface area contributed by atoms with E-state index in [2.05, 4.69) is 4.98 Å². The third-order valence-corrected chi connectivity index (χ3v) is 4.21. The Bertz CT molecular complexity index is 700. The second kappa shape index (κ2) is 7.53. The highest BCUT2D eigenvalue weighted by molar-refractivity contribution is 5.94. The Morgan fingerprint density at radius 3 is 2.79 bits per heavy atom. The summed E-state index contributed by atoms with van der Waals surface area (Å²) in [4.78, 5) is 18.5. The maximum absolute atomic E-state index is 14.2. The standard InChI is InChI=1S/C19H21FN2O2/c1-14-4-5-17(18(20)11-14)19(23)22(13-16-3-2-10-24-16)12-15-6-8-21-9-7-15/h4-9,11,16H,2-3,10,12-13H2,1H3. The lowest BCUT2D eigenvalue weighted by Gasteiger charge is -2.26. The van der Waals surface area contributed by atoms with E-state index in [4.69, 9.17) is 4.74 Å². The predicted molar refractivity (Wildman–Crippen MR) is 89.1 cm³/mol. The SMILES string of the molecule is Cc1ccc(C(=O)N(Cc2ccncc2)CC2CCCO2)c(F)c1. The van der Waals surface area contributed by atoms with Gasteiger partial charge in [0.15, 0.2) is 0 Å². The Kier molecular flexibility index (Phi) is 5.20. The normalized spacial score (nSPS) is 17.0. The van der Waals surface area contributed by atoms with Crippen LogP contribution in [0.15, 0.2) is 42.7 Å². The van der Waals surface area contributed by atoms with Crippen LogP contribution in [0, 0.1) is 12.7 Å². The highest BCUT2D eigenvalue weighted by atomic mass is 19.1. The summed E-state index contributed by atoms with van der Waals surface area (Å²) in [7, 11) is 0. The van der Waals surface area contributed by atoms with E-state index in [9.17, 15) is 9.18 Å². The van der Waals surface area contributed by atoms with Crippen molar-refractivity contribution in [3.63, 3.8) is 0 Å². The van der Waals surface area contributed by atoms with Gasteiger partial charge in [0, 0.05) is 32.1 Å². The Morgan fingerprint density at radius 2 is 2.12 bits per heavy atom. The van der Waals surface area contributed by atoms with Gasteiger partial charge in [-0.05, 0) is 55.2 Å². The Balaban J connectivity index is 1.83. The third-order valence-electron chi connectivity index (χ3n) is 4.21. The van der Waals surface area contributed by atoms with Gasteiger partial charge in [-0.25, -0.2) is 4.39 Å². The van der Waals surface area contributed by atoms with Crippen molar-refractivity contribution < 1.29 is 13.9 Å². The first kappa shape index (κ1) is 16.6.